The van der Waals surface area contributed by atoms with Crippen LogP contribution >= 0.6 is 0 Å². The molecule has 29 heavy (non-hydrogen) atoms. The lowest BCUT2D eigenvalue weighted by Gasteiger charge is -2.20. The van der Waals surface area contributed by atoms with E-state index in [-0.39, 0.29) is 5.69 Å². The van der Waals surface area contributed by atoms with Gasteiger partial charge in [-0.25, -0.2) is 4.79 Å². The molecule has 0 amide bonds. The number of nitrogens with zero attached hydrogens (tertiary/aromatic N) is 2. The van der Waals surface area contributed by atoms with Crippen LogP contribution < -0.4 is 15.7 Å². The van der Waals surface area contributed by atoms with Gasteiger partial charge in [0, 0.05) is 12.6 Å². The first-order valence-electron chi connectivity index (χ1n) is 9.33. The molecule has 0 aliphatic heterocycles. The topological polar surface area (TPSA) is 56.2 Å². The van der Waals surface area contributed by atoms with Crippen molar-refractivity contribution in [2.45, 2.75) is 0 Å². The van der Waals surface area contributed by atoms with E-state index in [1.807, 2.05) is 84.9 Å². The molecule has 1 heterocycles. The van der Waals surface area contributed by atoms with Gasteiger partial charge in [-0.15, -0.1) is 0 Å². The maximum Gasteiger partial charge on any atom is 0.354 e. The van der Waals surface area contributed by atoms with Crippen molar-refractivity contribution in [2.24, 2.45) is 0 Å². The van der Waals surface area contributed by atoms with Gasteiger partial charge in [-0.3, -0.25) is 4.57 Å². The maximum absolute atomic E-state index is 13.1. The predicted octanol–water partition coefficient (Wildman–Crippen LogP) is 4.62. The van der Waals surface area contributed by atoms with Crippen LogP contribution in [0.2, 0.25) is 0 Å². The van der Waals surface area contributed by atoms with Gasteiger partial charge in [0.05, 0.1) is 18.5 Å². The number of benzene rings is 3. The fraction of sp³-hybridized carbons (Fsp3) is 0.0833. The van der Waals surface area contributed by atoms with Gasteiger partial charge in [0.1, 0.15) is 11.6 Å². The van der Waals surface area contributed by atoms with E-state index in [1.165, 1.54) is 0 Å². The molecule has 0 saturated carbocycles. The van der Waals surface area contributed by atoms with Crippen molar-refractivity contribution in [3.63, 3.8) is 0 Å². The zero-order chi connectivity index (χ0) is 20.2. The molecule has 0 aliphatic carbocycles. The Morgan fingerprint density at radius 1 is 0.828 bits per heavy atom. The third-order valence-electron chi connectivity index (χ3n) is 4.77. The number of nitrogens with one attached hydrogen (secondary N) is 1. The third kappa shape index (κ3) is 3.50. The van der Waals surface area contributed by atoms with Crippen molar-refractivity contribution in [3.8, 4) is 33.8 Å². The molecule has 3 aromatic carbocycles. The van der Waals surface area contributed by atoms with Gasteiger partial charge in [0.2, 0.25) is 0 Å². The number of hydrogen-bond donors (Lipinski definition) is 1. The third-order valence-corrected chi connectivity index (χ3v) is 4.77. The van der Waals surface area contributed by atoms with Crippen LogP contribution in [0.15, 0.2) is 89.7 Å². The average Bonchev–Trinajstić information content (AvgIpc) is 2.79. The normalized spacial score (nSPS) is 10.6. The summed E-state index contributed by atoms with van der Waals surface area (Å²) in [5.74, 6) is 1.27. The summed E-state index contributed by atoms with van der Waals surface area (Å²) >= 11 is 0. The zero-order valence-electron chi connectivity index (χ0n) is 16.3. The van der Waals surface area contributed by atoms with Gasteiger partial charge in [-0.1, -0.05) is 60.7 Å². The smallest absolute Gasteiger partial charge is 0.354 e. The first-order chi connectivity index (χ1) is 14.2. The Labute approximate surface area is 169 Å². The highest BCUT2D eigenvalue weighted by Crippen LogP contribution is 2.36. The molecule has 0 fully saturated rings. The standard InChI is InChI=1S/C24H21N3O2/c1-25-23-21(17-9-5-3-6-10-17)22(18-11-7-4-8-12-18)27(24(28)26-23)19-13-15-20(29-2)16-14-19/h3-16H,1-2H3,(H,25,26,28). The Bertz CT molecular complexity index is 1170. The Morgan fingerprint density at radius 3 is 1.97 bits per heavy atom. The lowest BCUT2D eigenvalue weighted by Crippen LogP contribution is -2.25. The minimum Gasteiger partial charge on any atom is -0.497 e. The Balaban J connectivity index is 2.11. The molecule has 144 valence electrons. The molecule has 1 N–H and O–H groups in total. The summed E-state index contributed by atoms with van der Waals surface area (Å²) in [4.78, 5) is 17.5. The SMILES string of the molecule is CNc1nc(=O)n(-c2ccc(OC)cc2)c(-c2ccccc2)c1-c1ccccc1. The highest BCUT2D eigenvalue weighted by atomic mass is 16.5. The summed E-state index contributed by atoms with van der Waals surface area (Å²) in [5, 5.41) is 3.10. The fourth-order valence-electron chi connectivity index (χ4n) is 3.42. The van der Waals surface area contributed by atoms with E-state index in [0.29, 0.717) is 5.82 Å². The lowest BCUT2D eigenvalue weighted by atomic mass is 9.98. The largest absolute Gasteiger partial charge is 0.497 e. The molecule has 0 aliphatic rings. The molecule has 0 radical (unpaired) electrons. The van der Waals surface area contributed by atoms with E-state index in [0.717, 1.165) is 33.8 Å². The summed E-state index contributed by atoms with van der Waals surface area (Å²) in [7, 11) is 3.40. The fourth-order valence-corrected chi connectivity index (χ4v) is 3.42. The number of ether oxygens (including phenoxy) is 1. The van der Waals surface area contributed by atoms with E-state index in [1.54, 1.807) is 18.7 Å². The highest BCUT2D eigenvalue weighted by Gasteiger charge is 2.20. The summed E-state index contributed by atoms with van der Waals surface area (Å²) < 4.78 is 6.92. The molecule has 5 heteroatoms. The van der Waals surface area contributed by atoms with Crippen LogP contribution in [-0.4, -0.2) is 23.7 Å². The molecule has 0 unspecified atom stereocenters. The van der Waals surface area contributed by atoms with Gasteiger partial charge in [-0.05, 0) is 35.4 Å². The average molecular weight is 383 g/mol. The van der Waals surface area contributed by atoms with Gasteiger partial charge in [0.15, 0.2) is 0 Å². The van der Waals surface area contributed by atoms with E-state index < -0.39 is 0 Å². The monoisotopic (exact) mass is 383 g/mol. The van der Waals surface area contributed by atoms with Crippen LogP contribution in [0.5, 0.6) is 5.75 Å². The van der Waals surface area contributed by atoms with Crippen molar-refractivity contribution >= 4 is 5.82 Å². The van der Waals surface area contributed by atoms with Crippen molar-refractivity contribution < 1.29 is 4.74 Å². The maximum atomic E-state index is 13.1. The lowest BCUT2D eigenvalue weighted by molar-refractivity contribution is 0.414. The first-order valence-corrected chi connectivity index (χ1v) is 9.33. The second-order valence-electron chi connectivity index (χ2n) is 6.48. The van der Waals surface area contributed by atoms with Gasteiger partial charge in [0.25, 0.3) is 0 Å². The Morgan fingerprint density at radius 2 is 1.41 bits per heavy atom. The number of methoxy groups -OCH3 is 1. The molecule has 0 spiro atoms. The second-order valence-corrected chi connectivity index (χ2v) is 6.48. The van der Waals surface area contributed by atoms with Crippen LogP contribution in [0.4, 0.5) is 5.82 Å². The van der Waals surface area contributed by atoms with Gasteiger partial charge in [-0.2, -0.15) is 4.98 Å². The summed E-state index contributed by atoms with van der Waals surface area (Å²) in [6, 6.07) is 27.3. The second kappa shape index (κ2) is 8.02. The van der Waals surface area contributed by atoms with Crippen LogP contribution in [0.3, 0.4) is 0 Å². The quantitative estimate of drug-likeness (QED) is 0.546. The summed E-state index contributed by atoms with van der Waals surface area (Å²) in [6.45, 7) is 0. The molecule has 4 rings (SSSR count). The molecular weight excluding hydrogens is 362 g/mol. The van der Waals surface area contributed by atoms with E-state index >= 15 is 0 Å². The molecular formula is C24H21N3O2. The van der Waals surface area contributed by atoms with Crippen molar-refractivity contribution in [1.82, 2.24) is 9.55 Å². The van der Waals surface area contributed by atoms with Crippen molar-refractivity contribution in [1.29, 1.82) is 0 Å². The molecule has 1 aromatic heterocycles. The zero-order valence-corrected chi connectivity index (χ0v) is 16.3. The number of anilines is 1. The van der Waals surface area contributed by atoms with Crippen LogP contribution in [0.1, 0.15) is 0 Å². The predicted molar refractivity (Wildman–Crippen MR) is 117 cm³/mol. The van der Waals surface area contributed by atoms with Crippen molar-refractivity contribution in [2.75, 3.05) is 19.5 Å². The number of hydrogen-bond acceptors (Lipinski definition) is 4. The molecule has 0 saturated heterocycles. The molecule has 4 aromatic rings. The van der Waals surface area contributed by atoms with Crippen LogP contribution in [-0.2, 0) is 0 Å². The molecule has 0 atom stereocenters. The van der Waals surface area contributed by atoms with Gasteiger partial charge < -0.3 is 10.1 Å². The number of aromatic nitrogens is 2. The summed E-state index contributed by atoms with van der Waals surface area (Å²) in [6.07, 6.45) is 0. The van der Waals surface area contributed by atoms with E-state index in [9.17, 15) is 4.79 Å². The van der Waals surface area contributed by atoms with Crippen LogP contribution in [0.25, 0.3) is 28.1 Å². The van der Waals surface area contributed by atoms with E-state index in [4.69, 9.17) is 4.74 Å². The Hall–Kier alpha value is -3.86. The first kappa shape index (κ1) is 18.5. The minimum atomic E-state index is -0.349. The van der Waals surface area contributed by atoms with E-state index in [2.05, 4.69) is 10.3 Å². The van der Waals surface area contributed by atoms with Gasteiger partial charge >= 0.3 is 5.69 Å². The number of rotatable bonds is 5. The summed E-state index contributed by atoms with van der Waals surface area (Å²) in [5.41, 5.74) is 3.93. The molecule has 5 nitrogen and oxygen atoms in total. The minimum absolute atomic E-state index is 0.349. The van der Waals surface area contributed by atoms with Crippen LogP contribution in [0, 0.1) is 0 Å². The Kier molecular flexibility index (Phi) is 5.12. The van der Waals surface area contributed by atoms with Crippen molar-refractivity contribution in [3.05, 3.63) is 95.4 Å². The molecule has 0 bridgehead atoms. The highest BCUT2D eigenvalue weighted by molar-refractivity contribution is 5.89.